The van der Waals surface area contributed by atoms with Crippen molar-refractivity contribution in [3.63, 3.8) is 0 Å². The Morgan fingerprint density at radius 2 is 1.87 bits per heavy atom. The van der Waals surface area contributed by atoms with Gasteiger partial charge in [0.15, 0.2) is 11.5 Å². The molecule has 3 aromatic rings. The first-order valence-corrected chi connectivity index (χ1v) is 10.9. The van der Waals surface area contributed by atoms with Gasteiger partial charge in [0.2, 0.25) is 5.91 Å². The van der Waals surface area contributed by atoms with E-state index in [9.17, 15) is 9.59 Å². The Bertz CT molecular complexity index is 1110. The largest absolute Gasteiger partial charge is 0.440 e. The zero-order chi connectivity index (χ0) is 22.1. The van der Waals surface area contributed by atoms with Crippen LogP contribution in [0, 0.1) is 19.8 Å². The van der Waals surface area contributed by atoms with Gasteiger partial charge in [0.05, 0.1) is 5.92 Å². The van der Waals surface area contributed by atoms with Gasteiger partial charge in [-0.05, 0) is 57.0 Å². The van der Waals surface area contributed by atoms with Crippen LogP contribution in [0.3, 0.4) is 0 Å². The summed E-state index contributed by atoms with van der Waals surface area (Å²) >= 11 is 0. The van der Waals surface area contributed by atoms with Crippen molar-refractivity contribution in [1.82, 2.24) is 9.88 Å². The molecule has 162 valence electrons. The van der Waals surface area contributed by atoms with Crippen molar-refractivity contribution in [2.45, 2.75) is 46.5 Å². The molecule has 1 N–H and O–H groups in total. The number of rotatable bonds is 4. The molecule has 6 nitrogen and oxygen atoms in total. The number of hydrogen-bond acceptors (Lipinski definition) is 4. The smallest absolute Gasteiger partial charge is 0.253 e. The maximum Gasteiger partial charge on any atom is 0.253 e. The van der Waals surface area contributed by atoms with Crippen LogP contribution in [0.25, 0.3) is 11.1 Å². The van der Waals surface area contributed by atoms with E-state index in [2.05, 4.69) is 16.4 Å². The minimum absolute atomic E-state index is 0.00506. The van der Waals surface area contributed by atoms with E-state index in [1.54, 1.807) is 4.90 Å². The lowest BCUT2D eigenvalue weighted by Gasteiger charge is -2.32. The Morgan fingerprint density at radius 1 is 1.13 bits per heavy atom. The van der Waals surface area contributed by atoms with Crippen molar-refractivity contribution in [3.8, 4) is 0 Å². The van der Waals surface area contributed by atoms with E-state index in [1.165, 1.54) is 0 Å². The molecule has 1 atom stereocenters. The Balaban J connectivity index is 1.45. The van der Waals surface area contributed by atoms with E-state index in [1.807, 2.05) is 58.0 Å². The third kappa shape index (κ3) is 4.63. The fourth-order valence-corrected chi connectivity index (χ4v) is 4.17. The summed E-state index contributed by atoms with van der Waals surface area (Å²) in [6.07, 6.45) is 1.58. The van der Waals surface area contributed by atoms with E-state index < -0.39 is 0 Å². The van der Waals surface area contributed by atoms with E-state index >= 15 is 0 Å². The molecular formula is C25H29N3O3. The fourth-order valence-electron chi connectivity index (χ4n) is 4.17. The highest BCUT2D eigenvalue weighted by molar-refractivity contribution is 5.97. The molecule has 6 heteroatoms. The predicted molar refractivity (Wildman–Crippen MR) is 121 cm³/mol. The lowest BCUT2D eigenvalue weighted by molar-refractivity contribution is -0.121. The lowest BCUT2D eigenvalue weighted by Crippen LogP contribution is -2.43. The number of piperidine rings is 1. The number of aryl methyl sites for hydroxylation is 2. The Morgan fingerprint density at radius 3 is 2.58 bits per heavy atom. The number of nitrogens with zero attached hydrogens (tertiary/aromatic N) is 2. The van der Waals surface area contributed by atoms with Gasteiger partial charge in [-0.1, -0.05) is 31.0 Å². The zero-order valence-electron chi connectivity index (χ0n) is 18.6. The third-order valence-electron chi connectivity index (χ3n) is 5.71. The molecule has 0 saturated carbocycles. The van der Waals surface area contributed by atoms with Crippen molar-refractivity contribution in [1.29, 1.82) is 0 Å². The first kappa shape index (κ1) is 21.1. The van der Waals surface area contributed by atoms with Gasteiger partial charge in [0.25, 0.3) is 5.91 Å². The van der Waals surface area contributed by atoms with E-state index in [4.69, 9.17) is 4.42 Å². The van der Waals surface area contributed by atoms with Crippen molar-refractivity contribution in [3.05, 3.63) is 59.0 Å². The number of oxazole rings is 1. The topological polar surface area (TPSA) is 75.4 Å². The van der Waals surface area contributed by atoms with Gasteiger partial charge in [-0.25, -0.2) is 4.98 Å². The van der Waals surface area contributed by atoms with E-state index in [0.29, 0.717) is 35.8 Å². The standard InChI is InChI=1S/C25H29N3O3/c1-15(2)24-27-21-13-20(7-8-22(21)31-24)26-23(29)18-6-5-9-28(14-18)25(30)19-11-16(3)10-17(4)12-19/h7-8,10-13,15,18H,5-6,9,14H2,1-4H3,(H,26,29). The van der Waals surface area contributed by atoms with Crippen molar-refractivity contribution < 1.29 is 14.0 Å². The highest BCUT2D eigenvalue weighted by Crippen LogP contribution is 2.25. The van der Waals surface area contributed by atoms with Gasteiger partial charge in [0.1, 0.15) is 5.52 Å². The predicted octanol–water partition coefficient (Wildman–Crippen LogP) is 5.06. The molecule has 1 aromatic heterocycles. The summed E-state index contributed by atoms with van der Waals surface area (Å²) in [6.45, 7) is 9.15. The van der Waals surface area contributed by atoms with Crippen LogP contribution >= 0.6 is 0 Å². The van der Waals surface area contributed by atoms with Crippen molar-refractivity contribution in [2.75, 3.05) is 18.4 Å². The van der Waals surface area contributed by atoms with Crippen LogP contribution in [0.15, 0.2) is 40.8 Å². The molecule has 2 heterocycles. The number of anilines is 1. The molecule has 0 bridgehead atoms. The summed E-state index contributed by atoms with van der Waals surface area (Å²) < 4.78 is 5.74. The maximum absolute atomic E-state index is 13.0. The second-order valence-corrected chi connectivity index (χ2v) is 8.85. The second-order valence-electron chi connectivity index (χ2n) is 8.85. The Labute approximate surface area is 182 Å². The molecule has 0 radical (unpaired) electrons. The number of likely N-dealkylation sites (tertiary alicyclic amines) is 1. The number of benzene rings is 2. The summed E-state index contributed by atoms with van der Waals surface area (Å²) in [6, 6.07) is 11.4. The highest BCUT2D eigenvalue weighted by Gasteiger charge is 2.29. The van der Waals surface area contributed by atoms with Gasteiger partial charge in [-0.2, -0.15) is 0 Å². The minimum Gasteiger partial charge on any atom is -0.440 e. The van der Waals surface area contributed by atoms with Crippen LogP contribution in [-0.4, -0.2) is 34.8 Å². The van der Waals surface area contributed by atoms with Gasteiger partial charge >= 0.3 is 0 Å². The van der Waals surface area contributed by atoms with Crippen molar-refractivity contribution in [2.24, 2.45) is 5.92 Å². The molecular weight excluding hydrogens is 390 g/mol. The fraction of sp³-hybridized carbons (Fsp3) is 0.400. The average molecular weight is 420 g/mol. The van der Waals surface area contributed by atoms with Crippen LogP contribution < -0.4 is 5.32 Å². The summed E-state index contributed by atoms with van der Waals surface area (Å²) in [5, 5.41) is 3.00. The van der Waals surface area contributed by atoms with Crippen LogP contribution in [0.2, 0.25) is 0 Å². The number of nitrogens with one attached hydrogen (secondary N) is 1. The molecule has 2 aromatic carbocycles. The van der Waals surface area contributed by atoms with Crippen LogP contribution in [-0.2, 0) is 4.79 Å². The number of aromatic nitrogens is 1. The SMILES string of the molecule is Cc1cc(C)cc(C(=O)N2CCCC(C(=O)Nc3ccc4oc(C(C)C)nc4c3)C2)c1. The number of carbonyl (C=O) groups is 2. The first-order chi connectivity index (χ1) is 14.8. The lowest BCUT2D eigenvalue weighted by atomic mass is 9.96. The molecule has 0 aliphatic carbocycles. The van der Waals surface area contributed by atoms with Gasteiger partial charge in [0, 0.05) is 30.3 Å². The number of amides is 2. The van der Waals surface area contributed by atoms with E-state index in [0.717, 1.165) is 29.5 Å². The maximum atomic E-state index is 13.0. The number of hydrogen-bond donors (Lipinski definition) is 1. The molecule has 1 saturated heterocycles. The summed E-state index contributed by atoms with van der Waals surface area (Å²) in [4.78, 5) is 32.3. The van der Waals surface area contributed by atoms with Crippen LogP contribution in [0.4, 0.5) is 5.69 Å². The van der Waals surface area contributed by atoms with E-state index in [-0.39, 0.29) is 23.7 Å². The number of fused-ring (bicyclic) bond motifs is 1. The van der Waals surface area contributed by atoms with Crippen LogP contribution in [0.5, 0.6) is 0 Å². The first-order valence-electron chi connectivity index (χ1n) is 10.9. The molecule has 1 fully saturated rings. The third-order valence-corrected chi connectivity index (χ3v) is 5.71. The molecule has 1 unspecified atom stereocenters. The molecule has 4 rings (SSSR count). The molecule has 2 amide bonds. The molecule has 31 heavy (non-hydrogen) atoms. The summed E-state index contributed by atoms with van der Waals surface area (Å²) in [5.41, 5.74) is 4.97. The van der Waals surface area contributed by atoms with Gasteiger partial charge in [-0.3, -0.25) is 9.59 Å². The quantitative estimate of drug-likeness (QED) is 0.641. The van der Waals surface area contributed by atoms with Gasteiger partial charge in [-0.15, -0.1) is 0 Å². The zero-order valence-corrected chi connectivity index (χ0v) is 18.6. The summed E-state index contributed by atoms with van der Waals surface area (Å²) in [5.74, 6) is 0.585. The summed E-state index contributed by atoms with van der Waals surface area (Å²) in [7, 11) is 0. The average Bonchev–Trinajstić information content (AvgIpc) is 3.16. The normalized spacial score (nSPS) is 16.7. The Kier molecular flexibility index (Phi) is 5.81. The van der Waals surface area contributed by atoms with Crippen LogP contribution in [0.1, 0.15) is 60.0 Å². The Hall–Kier alpha value is -3.15. The highest BCUT2D eigenvalue weighted by atomic mass is 16.3. The second kappa shape index (κ2) is 8.53. The number of carbonyl (C=O) groups excluding carboxylic acids is 2. The molecule has 1 aliphatic heterocycles. The minimum atomic E-state index is -0.233. The molecule has 0 spiro atoms. The molecule has 1 aliphatic rings. The van der Waals surface area contributed by atoms with Gasteiger partial charge < -0.3 is 14.6 Å². The monoisotopic (exact) mass is 419 g/mol. The van der Waals surface area contributed by atoms with Crippen molar-refractivity contribution >= 4 is 28.6 Å².